The summed E-state index contributed by atoms with van der Waals surface area (Å²) in [5.74, 6) is 1.25. The van der Waals surface area contributed by atoms with Gasteiger partial charge in [-0.25, -0.2) is 0 Å². The summed E-state index contributed by atoms with van der Waals surface area (Å²) >= 11 is 0. The summed E-state index contributed by atoms with van der Waals surface area (Å²) in [4.78, 5) is 12.0. The van der Waals surface area contributed by atoms with E-state index in [2.05, 4.69) is 31.3 Å². The van der Waals surface area contributed by atoms with Gasteiger partial charge in [-0.3, -0.25) is 4.79 Å². The Hall–Kier alpha value is -1.51. The highest BCUT2D eigenvalue weighted by Crippen LogP contribution is 2.20. The molecule has 0 saturated heterocycles. The molecule has 20 heavy (non-hydrogen) atoms. The maximum Gasteiger partial charge on any atom is 0.260 e. The van der Waals surface area contributed by atoms with E-state index in [0.29, 0.717) is 12.0 Å². The lowest BCUT2D eigenvalue weighted by atomic mass is 10.0. The highest BCUT2D eigenvalue weighted by atomic mass is 16.5. The van der Waals surface area contributed by atoms with Crippen molar-refractivity contribution in [2.75, 3.05) is 0 Å². The van der Waals surface area contributed by atoms with Gasteiger partial charge in [0.25, 0.3) is 5.91 Å². The van der Waals surface area contributed by atoms with Crippen molar-refractivity contribution in [2.45, 2.75) is 64.5 Å². The van der Waals surface area contributed by atoms with Crippen LogP contribution in [0.1, 0.15) is 57.9 Å². The summed E-state index contributed by atoms with van der Waals surface area (Å²) in [7, 11) is 0. The molecule has 2 rings (SSSR count). The van der Waals surface area contributed by atoms with E-state index in [4.69, 9.17) is 4.74 Å². The summed E-state index contributed by atoms with van der Waals surface area (Å²) in [6.45, 7) is 6.13. The number of nitrogens with one attached hydrogen (secondary N) is 1. The number of amides is 1. The molecule has 3 heteroatoms. The minimum Gasteiger partial charge on any atom is -0.481 e. The Bertz CT molecular complexity index is 433. The van der Waals surface area contributed by atoms with E-state index in [0.717, 1.165) is 18.6 Å². The lowest BCUT2D eigenvalue weighted by molar-refractivity contribution is -0.127. The van der Waals surface area contributed by atoms with Gasteiger partial charge < -0.3 is 10.1 Å². The van der Waals surface area contributed by atoms with Gasteiger partial charge in [-0.05, 0) is 43.4 Å². The van der Waals surface area contributed by atoms with Gasteiger partial charge in [-0.15, -0.1) is 0 Å². The zero-order valence-corrected chi connectivity index (χ0v) is 12.7. The third kappa shape index (κ3) is 3.99. The average Bonchev–Trinajstić information content (AvgIpc) is 2.92. The van der Waals surface area contributed by atoms with Gasteiger partial charge in [0.05, 0.1) is 0 Å². The van der Waals surface area contributed by atoms with E-state index in [1.165, 1.54) is 18.4 Å². The van der Waals surface area contributed by atoms with Gasteiger partial charge >= 0.3 is 0 Å². The van der Waals surface area contributed by atoms with Crippen LogP contribution < -0.4 is 10.1 Å². The van der Waals surface area contributed by atoms with Gasteiger partial charge in [0.2, 0.25) is 0 Å². The summed E-state index contributed by atoms with van der Waals surface area (Å²) in [6, 6.07) is 8.34. The SMILES string of the molecule is CC(Oc1ccc(C(C)C)cc1)C(=O)NC1CCCC1. The Labute approximate surface area is 121 Å². The first-order chi connectivity index (χ1) is 9.56. The number of ether oxygens (including phenoxy) is 1. The van der Waals surface area contributed by atoms with E-state index in [9.17, 15) is 4.79 Å². The molecular weight excluding hydrogens is 250 g/mol. The number of hydrogen-bond donors (Lipinski definition) is 1. The third-order valence-electron chi connectivity index (χ3n) is 3.93. The van der Waals surface area contributed by atoms with Crippen LogP contribution in [0.15, 0.2) is 24.3 Å². The molecule has 0 bridgehead atoms. The van der Waals surface area contributed by atoms with Crippen molar-refractivity contribution < 1.29 is 9.53 Å². The van der Waals surface area contributed by atoms with Crippen molar-refractivity contribution >= 4 is 5.91 Å². The minimum absolute atomic E-state index is 0.00941. The second kappa shape index (κ2) is 6.78. The molecule has 0 aromatic heterocycles. The molecule has 1 N–H and O–H groups in total. The standard InChI is InChI=1S/C17H25NO2/c1-12(2)14-8-10-16(11-9-14)20-13(3)17(19)18-15-6-4-5-7-15/h8-13,15H,4-7H2,1-3H3,(H,18,19). The van der Waals surface area contributed by atoms with Gasteiger partial charge in [0.1, 0.15) is 5.75 Å². The largest absolute Gasteiger partial charge is 0.481 e. The Kier molecular flexibility index (Phi) is 5.05. The van der Waals surface area contributed by atoms with Crippen LogP contribution in [0.4, 0.5) is 0 Å². The normalized spacial score (nSPS) is 17.2. The number of carbonyl (C=O) groups excluding carboxylic acids is 1. The van der Waals surface area contributed by atoms with Crippen LogP contribution >= 0.6 is 0 Å². The predicted octanol–water partition coefficient (Wildman–Crippen LogP) is 3.64. The molecule has 3 nitrogen and oxygen atoms in total. The predicted molar refractivity (Wildman–Crippen MR) is 81.0 cm³/mol. The Morgan fingerprint density at radius 1 is 1.15 bits per heavy atom. The average molecular weight is 275 g/mol. The lowest BCUT2D eigenvalue weighted by Gasteiger charge is -2.18. The van der Waals surface area contributed by atoms with Crippen LogP contribution in [-0.2, 0) is 4.79 Å². The van der Waals surface area contributed by atoms with Crippen LogP contribution in [0.5, 0.6) is 5.75 Å². The maximum atomic E-state index is 12.0. The van der Waals surface area contributed by atoms with Gasteiger partial charge in [0, 0.05) is 6.04 Å². The maximum absolute atomic E-state index is 12.0. The van der Waals surface area contributed by atoms with Gasteiger partial charge in [-0.2, -0.15) is 0 Å². The minimum atomic E-state index is -0.444. The highest BCUT2D eigenvalue weighted by Gasteiger charge is 2.21. The molecule has 0 spiro atoms. The Balaban J connectivity index is 1.86. The number of hydrogen-bond acceptors (Lipinski definition) is 2. The van der Waals surface area contributed by atoms with Crippen LogP contribution in [0, 0.1) is 0 Å². The van der Waals surface area contributed by atoms with Crippen molar-refractivity contribution in [3.63, 3.8) is 0 Å². The molecule has 1 atom stereocenters. The summed E-state index contributed by atoms with van der Waals surface area (Å²) in [5, 5.41) is 3.06. The number of rotatable bonds is 5. The third-order valence-corrected chi connectivity index (χ3v) is 3.93. The van der Waals surface area contributed by atoms with Crippen LogP contribution in [0.25, 0.3) is 0 Å². The molecule has 1 aliphatic carbocycles. The molecule has 110 valence electrons. The van der Waals surface area contributed by atoms with E-state index < -0.39 is 6.10 Å². The van der Waals surface area contributed by atoms with Crippen molar-refractivity contribution in [3.8, 4) is 5.75 Å². The molecule has 1 aromatic rings. The van der Waals surface area contributed by atoms with Crippen molar-refractivity contribution in [2.24, 2.45) is 0 Å². The first kappa shape index (κ1) is 14.9. The van der Waals surface area contributed by atoms with E-state index in [1.54, 1.807) is 6.92 Å². The number of benzene rings is 1. The fourth-order valence-electron chi connectivity index (χ4n) is 2.58. The first-order valence-electron chi connectivity index (χ1n) is 7.63. The first-order valence-corrected chi connectivity index (χ1v) is 7.63. The number of carbonyl (C=O) groups is 1. The van der Waals surface area contributed by atoms with Crippen molar-refractivity contribution in [3.05, 3.63) is 29.8 Å². The van der Waals surface area contributed by atoms with Gasteiger partial charge in [0.15, 0.2) is 6.10 Å². The van der Waals surface area contributed by atoms with Crippen molar-refractivity contribution in [1.82, 2.24) is 5.32 Å². The smallest absolute Gasteiger partial charge is 0.260 e. The molecular formula is C17H25NO2. The van der Waals surface area contributed by atoms with Crippen LogP contribution in [0.3, 0.4) is 0 Å². The molecule has 1 aromatic carbocycles. The molecule has 1 amide bonds. The highest BCUT2D eigenvalue weighted by molar-refractivity contribution is 5.81. The van der Waals surface area contributed by atoms with E-state index in [-0.39, 0.29) is 5.91 Å². The molecule has 0 heterocycles. The second-order valence-corrected chi connectivity index (χ2v) is 5.97. The second-order valence-electron chi connectivity index (χ2n) is 5.97. The fraction of sp³-hybridized carbons (Fsp3) is 0.588. The summed E-state index contributed by atoms with van der Waals surface area (Å²) in [5.41, 5.74) is 1.28. The molecule has 1 unspecified atom stereocenters. The zero-order valence-electron chi connectivity index (χ0n) is 12.7. The van der Waals surface area contributed by atoms with Crippen molar-refractivity contribution in [1.29, 1.82) is 0 Å². The zero-order chi connectivity index (χ0) is 14.5. The molecule has 0 aliphatic heterocycles. The fourth-order valence-corrected chi connectivity index (χ4v) is 2.58. The lowest BCUT2D eigenvalue weighted by Crippen LogP contribution is -2.41. The topological polar surface area (TPSA) is 38.3 Å². The molecule has 1 aliphatic rings. The van der Waals surface area contributed by atoms with Crippen LogP contribution in [0.2, 0.25) is 0 Å². The Morgan fingerprint density at radius 2 is 1.75 bits per heavy atom. The molecule has 0 radical (unpaired) electrons. The van der Waals surface area contributed by atoms with Crippen LogP contribution in [-0.4, -0.2) is 18.1 Å². The monoisotopic (exact) mass is 275 g/mol. The molecule has 1 saturated carbocycles. The quantitative estimate of drug-likeness (QED) is 0.891. The summed E-state index contributed by atoms with van der Waals surface area (Å²) in [6.07, 6.45) is 4.19. The van der Waals surface area contributed by atoms with E-state index in [1.807, 2.05) is 12.1 Å². The van der Waals surface area contributed by atoms with Gasteiger partial charge in [-0.1, -0.05) is 38.8 Å². The Morgan fingerprint density at radius 3 is 2.30 bits per heavy atom. The molecule has 1 fully saturated rings. The summed E-state index contributed by atoms with van der Waals surface area (Å²) < 4.78 is 5.71. The van der Waals surface area contributed by atoms with E-state index >= 15 is 0 Å².